The molecule has 5 rings (SSSR count). The smallest absolute Gasteiger partial charge is 0.449 e. The van der Waals surface area contributed by atoms with E-state index in [-0.39, 0.29) is 5.63 Å². The summed E-state index contributed by atoms with van der Waals surface area (Å²) in [6, 6.07) is 14.6. The van der Waals surface area contributed by atoms with Crippen molar-refractivity contribution < 1.29 is 19.1 Å². The average molecular weight is 462 g/mol. The molecule has 3 heterocycles. The molecule has 1 aliphatic heterocycles. The molecule has 0 atom stereocenters. The first kappa shape index (κ1) is 22.0. The van der Waals surface area contributed by atoms with Gasteiger partial charge in [0.15, 0.2) is 0 Å². The quantitative estimate of drug-likeness (QED) is 0.181. The van der Waals surface area contributed by atoms with Crippen LogP contribution in [0, 0.1) is 0 Å². The van der Waals surface area contributed by atoms with Crippen LogP contribution in [0.2, 0.25) is 0 Å². The Morgan fingerprint density at radius 3 is 2.68 bits per heavy atom. The van der Waals surface area contributed by atoms with Crippen LogP contribution in [-0.2, 0) is 6.42 Å². The van der Waals surface area contributed by atoms with Crippen molar-refractivity contribution in [3.63, 3.8) is 0 Å². The van der Waals surface area contributed by atoms with Crippen molar-refractivity contribution in [1.82, 2.24) is 9.88 Å². The van der Waals surface area contributed by atoms with E-state index >= 15 is 0 Å². The summed E-state index contributed by atoms with van der Waals surface area (Å²) in [5.74, 6) is 0.317. The molecular weight excluding hydrogens is 434 g/mol. The van der Waals surface area contributed by atoms with Crippen molar-refractivity contribution in [2.45, 2.75) is 19.3 Å². The molecule has 2 N–H and O–H groups in total. The van der Waals surface area contributed by atoms with Gasteiger partial charge in [0.2, 0.25) is 0 Å². The fraction of sp³-hybridized carbons (Fsp3) is 0.308. The van der Waals surface area contributed by atoms with Crippen molar-refractivity contribution in [3.8, 4) is 5.75 Å². The molecule has 1 fully saturated rings. The van der Waals surface area contributed by atoms with Gasteiger partial charge in [-0.25, -0.2) is 9.59 Å². The number of unbranched alkanes of at least 4 members (excludes halogenated alkanes) is 1. The van der Waals surface area contributed by atoms with Crippen LogP contribution < -0.4 is 15.3 Å². The molecule has 0 saturated carbocycles. The lowest BCUT2D eigenvalue weighted by molar-refractivity contribution is 0.144. The Morgan fingerprint density at radius 1 is 1.03 bits per heavy atom. The van der Waals surface area contributed by atoms with E-state index in [4.69, 9.17) is 14.3 Å². The van der Waals surface area contributed by atoms with Crippen LogP contribution in [-0.4, -0.2) is 53.9 Å². The maximum absolute atomic E-state index is 12.0. The van der Waals surface area contributed by atoms with Gasteiger partial charge in [0.1, 0.15) is 11.3 Å². The van der Waals surface area contributed by atoms with Gasteiger partial charge in [-0.3, -0.25) is 4.90 Å². The largest absolute Gasteiger partial charge is 0.511 e. The van der Waals surface area contributed by atoms with Gasteiger partial charge in [0.05, 0.1) is 5.69 Å². The molecule has 34 heavy (non-hydrogen) atoms. The van der Waals surface area contributed by atoms with Crippen LogP contribution >= 0.6 is 0 Å². The number of anilines is 1. The zero-order valence-electron chi connectivity index (χ0n) is 18.8. The molecule has 4 aromatic rings. The predicted molar refractivity (Wildman–Crippen MR) is 131 cm³/mol. The van der Waals surface area contributed by atoms with Gasteiger partial charge in [-0.2, -0.15) is 0 Å². The molecular formula is C26H27N3O5. The molecule has 0 amide bonds. The van der Waals surface area contributed by atoms with Gasteiger partial charge in [-0.15, -0.1) is 0 Å². The summed E-state index contributed by atoms with van der Waals surface area (Å²) in [4.78, 5) is 30.7. The second-order valence-corrected chi connectivity index (χ2v) is 8.62. The standard InChI is InChI=1S/C26H27N3O5/c30-25-16-23(21-6-1-2-7-24(21)34-25)29-13-11-28(12-14-29)10-4-3-5-18-17-27-22-15-19(33-26(31)32)8-9-20(18)22/h1-2,6-9,15-17,27H,3-5,10-14H2,(H,31,32). The molecule has 0 bridgehead atoms. The number of hydrogen-bond donors (Lipinski definition) is 2. The van der Waals surface area contributed by atoms with Gasteiger partial charge in [-0.05, 0) is 55.6 Å². The van der Waals surface area contributed by atoms with Crippen molar-refractivity contribution in [1.29, 1.82) is 0 Å². The van der Waals surface area contributed by atoms with E-state index in [1.54, 1.807) is 18.2 Å². The number of fused-ring (bicyclic) bond motifs is 2. The highest BCUT2D eigenvalue weighted by molar-refractivity contribution is 5.90. The number of carboxylic acid groups (broad SMARTS) is 1. The van der Waals surface area contributed by atoms with Gasteiger partial charge in [-0.1, -0.05) is 12.1 Å². The van der Waals surface area contributed by atoms with E-state index < -0.39 is 6.16 Å². The molecule has 176 valence electrons. The van der Waals surface area contributed by atoms with E-state index in [9.17, 15) is 9.59 Å². The number of H-pyrrole nitrogens is 1. The van der Waals surface area contributed by atoms with Crippen molar-refractivity contribution in [2.24, 2.45) is 0 Å². The molecule has 0 spiro atoms. The highest BCUT2D eigenvalue weighted by atomic mass is 16.7. The molecule has 2 aromatic carbocycles. The number of ether oxygens (including phenoxy) is 1. The summed E-state index contributed by atoms with van der Waals surface area (Å²) in [7, 11) is 0. The van der Waals surface area contributed by atoms with Crippen molar-refractivity contribution >= 4 is 33.7 Å². The minimum absolute atomic E-state index is 0.306. The molecule has 8 heteroatoms. The Labute approximate surface area is 196 Å². The molecule has 1 aliphatic rings. The Balaban J connectivity index is 1.12. The Kier molecular flexibility index (Phi) is 6.22. The minimum atomic E-state index is -1.31. The highest BCUT2D eigenvalue weighted by Crippen LogP contribution is 2.27. The summed E-state index contributed by atoms with van der Waals surface area (Å²) in [6.07, 6.45) is 3.82. The zero-order valence-corrected chi connectivity index (χ0v) is 18.8. The van der Waals surface area contributed by atoms with Crippen molar-refractivity contribution in [2.75, 3.05) is 37.6 Å². The Bertz CT molecular complexity index is 1370. The number of piperazine rings is 1. The predicted octanol–water partition coefficient (Wildman–Crippen LogP) is 4.48. The van der Waals surface area contributed by atoms with Crippen LogP contribution in [0.4, 0.5) is 10.5 Å². The minimum Gasteiger partial charge on any atom is -0.449 e. The number of nitrogens with one attached hydrogen (secondary N) is 1. The fourth-order valence-electron chi connectivity index (χ4n) is 4.76. The monoisotopic (exact) mass is 461 g/mol. The Hall–Kier alpha value is -3.78. The lowest BCUT2D eigenvalue weighted by Crippen LogP contribution is -2.46. The van der Waals surface area contributed by atoms with E-state index in [0.29, 0.717) is 11.3 Å². The van der Waals surface area contributed by atoms with Crippen LogP contribution in [0.25, 0.3) is 21.9 Å². The third kappa shape index (κ3) is 4.77. The first-order valence-electron chi connectivity index (χ1n) is 11.6. The van der Waals surface area contributed by atoms with Crippen LogP contribution in [0.5, 0.6) is 5.75 Å². The number of hydrogen-bond acceptors (Lipinski definition) is 6. The number of aromatic amines is 1. The fourth-order valence-corrected chi connectivity index (χ4v) is 4.76. The number of nitrogens with zero attached hydrogens (tertiary/aromatic N) is 2. The first-order chi connectivity index (χ1) is 16.6. The second-order valence-electron chi connectivity index (χ2n) is 8.62. The van der Waals surface area contributed by atoms with Crippen LogP contribution in [0.3, 0.4) is 0 Å². The number of rotatable bonds is 7. The SMILES string of the molecule is O=C(O)Oc1ccc2c(CCCCN3CCN(c4cc(=O)oc5ccccc45)CC3)c[nH]c2c1. The summed E-state index contributed by atoms with van der Waals surface area (Å²) in [5, 5.41) is 10.9. The van der Waals surface area contributed by atoms with E-state index in [2.05, 4.69) is 14.8 Å². The summed E-state index contributed by atoms with van der Waals surface area (Å²) >= 11 is 0. The molecule has 1 saturated heterocycles. The maximum Gasteiger partial charge on any atom is 0.511 e. The van der Waals surface area contributed by atoms with Gasteiger partial charge < -0.3 is 24.1 Å². The second kappa shape index (κ2) is 9.61. The lowest BCUT2D eigenvalue weighted by Gasteiger charge is -2.36. The van der Waals surface area contributed by atoms with Crippen molar-refractivity contribution in [3.05, 3.63) is 70.7 Å². The number of benzene rings is 2. The number of carbonyl (C=O) groups is 1. The maximum atomic E-state index is 12.0. The third-order valence-electron chi connectivity index (χ3n) is 6.46. The van der Waals surface area contributed by atoms with Gasteiger partial charge in [0, 0.05) is 60.8 Å². The summed E-state index contributed by atoms with van der Waals surface area (Å²) < 4.78 is 10.1. The molecule has 0 unspecified atom stereocenters. The van der Waals surface area contributed by atoms with E-state index in [1.807, 2.05) is 36.5 Å². The average Bonchev–Trinajstić information content (AvgIpc) is 3.23. The van der Waals surface area contributed by atoms with Gasteiger partial charge >= 0.3 is 11.8 Å². The number of aryl methyl sites for hydroxylation is 1. The Morgan fingerprint density at radius 2 is 1.85 bits per heavy atom. The zero-order chi connectivity index (χ0) is 23.5. The van der Waals surface area contributed by atoms with Crippen LogP contribution in [0.1, 0.15) is 18.4 Å². The van der Waals surface area contributed by atoms with Crippen LogP contribution in [0.15, 0.2) is 63.9 Å². The molecule has 0 aliphatic carbocycles. The summed E-state index contributed by atoms with van der Waals surface area (Å²) in [6.45, 7) is 4.75. The van der Waals surface area contributed by atoms with E-state index in [1.165, 1.54) is 5.56 Å². The normalized spacial score (nSPS) is 14.6. The molecule has 0 radical (unpaired) electrons. The lowest BCUT2D eigenvalue weighted by atomic mass is 10.1. The van der Waals surface area contributed by atoms with Gasteiger partial charge in [0.25, 0.3) is 0 Å². The third-order valence-corrected chi connectivity index (χ3v) is 6.46. The topological polar surface area (TPSA) is 99.0 Å². The number of aromatic nitrogens is 1. The van der Waals surface area contributed by atoms with E-state index in [0.717, 1.165) is 74.0 Å². The first-order valence-corrected chi connectivity index (χ1v) is 11.6. The summed E-state index contributed by atoms with van der Waals surface area (Å²) in [5.41, 5.74) is 3.40. The molecule has 2 aromatic heterocycles. The highest BCUT2D eigenvalue weighted by Gasteiger charge is 2.19. The number of para-hydroxylation sites is 1. The molecule has 8 nitrogen and oxygen atoms in total.